The number of hydrogen-bond donors (Lipinski definition) is 2. The second kappa shape index (κ2) is 10.4. The van der Waals surface area contributed by atoms with Crippen LogP contribution < -0.4 is 10.6 Å². The highest BCUT2D eigenvalue weighted by Crippen LogP contribution is 2.29. The lowest BCUT2D eigenvalue weighted by atomic mass is 10.0. The number of ether oxygens (including phenoxy) is 1. The molecule has 0 amide bonds. The quantitative estimate of drug-likeness (QED) is 0.555. The summed E-state index contributed by atoms with van der Waals surface area (Å²) in [5, 5.41) is 6.42. The van der Waals surface area contributed by atoms with Crippen LogP contribution in [0, 0.1) is 0 Å². The van der Waals surface area contributed by atoms with Gasteiger partial charge in [0.2, 0.25) is 0 Å². The largest absolute Gasteiger partial charge is 0.416 e. The second-order valence-electron chi connectivity index (χ2n) is 7.08. The molecule has 1 aliphatic rings. The van der Waals surface area contributed by atoms with E-state index in [1.165, 1.54) is 11.6 Å². The maximum Gasteiger partial charge on any atom is 0.416 e. The third-order valence-electron chi connectivity index (χ3n) is 5.07. The SMILES string of the molecule is CN=C(NCc1cccc(C(F)(F)F)c1)NCC(c1ccccc1)N1CCOCC1. The molecule has 0 saturated carbocycles. The van der Waals surface area contributed by atoms with Crippen molar-refractivity contribution >= 4 is 5.96 Å². The number of halogens is 3. The molecule has 0 aromatic heterocycles. The fourth-order valence-corrected chi connectivity index (χ4v) is 3.48. The number of aliphatic imine (C=N–C) groups is 1. The maximum absolute atomic E-state index is 12.9. The number of rotatable bonds is 6. The highest BCUT2D eigenvalue weighted by molar-refractivity contribution is 5.79. The predicted molar refractivity (Wildman–Crippen MR) is 111 cm³/mol. The van der Waals surface area contributed by atoms with Crippen molar-refractivity contribution in [2.24, 2.45) is 4.99 Å². The van der Waals surface area contributed by atoms with Crippen LogP contribution in [0.25, 0.3) is 0 Å². The molecule has 0 spiro atoms. The summed E-state index contributed by atoms with van der Waals surface area (Å²) in [5.74, 6) is 0.543. The summed E-state index contributed by atoms with van der Waals surface area (Å²) in [4.78, 5) is 6.58. The topological polar surface area (TPSA) is 48.9 Å². The molecule has 0 bridgehead atoms. The highest BCUT2D eigenvalue weighted by Gasteiger charge is 2.30. The lowest BCUT2D eigenvalue weighted by molar-refractivity contribution is -0.137. The molecule has 1 fully saturated rings. The van der Waals surface area contributed by atoms with Crippen LogP contribution in [0.3, 0.4) is 0 Å². The Hall–Kier alpha value is -2.58. The van der Waals surface area contributed by atoms with Gasteiger partial charge >= 0.3 is 6.18 Å². The zero-order valence-corrected chi connectivity index (χ0v) is 17.0. The number of hydrogen-bond acceptors (Lipinski definition) is 3. The summed E-state index contributed by atoms with van der Waals surface area (Å²) >= 11 is 0. The van der Waals surface area contributed by atoms with E-state index in [1.54, 1.807) is 13.1 Å². The summed E-state index contributed by atoms with van der Waals surface area (Å²) < 4.78 is 44.2. The fraction of sp³-hybridized carbons (Fsp3) is 0.409. The lowest BCUT2D eigenvalue weighted by Crippen LogP contribution is -2.46. The molecule has 1 atom stereocenters. The van der Waals surface area contributed by atoms with Gasteiger partial charge in [-0.2, -0.15) is 13.2 Å². The van der Waals surface area contributed by atoms with Crippen molar-refractivity contribution in [1.29, 1.82) is 0 Å². The Morgan fingerprint density at radius 2 is 1.80 bits per heavy atom. The zero-order chi connectivity index (χ0) is 21.4. The molecule has 30 heavy (non-hydrogen) atoms. The van der Waals surface area contributed by atoms with Crippen molar-refractivity contribution in [3.05, 3.63) is 71.3 Å². The van der Waals surface area contributed by atoms with E-state index in [2.05, 4.69) is 32.7 Å². The molecule has 2 aromatic rings. The molecular formula is C22H27F3N4O. The van der Waals surface area contributed by atoms with E-state index in [9.17, 15) is 13.2 Å². The normalized spacial score (nSPS) is 16.9. The number of guanidine groups is 1. The molecule has 8 heteroatoms. The Bertz CT molecular complexity index is 821. The number of benzene rings is 2. The first-order chi connectivity index (χ1) is 14.5. The van der Waals surface area contributed by atoms with Gasteiger partial charge in [-0.3, -0.25) is 9.89 Å². The Labute approximate surface area is 174 Å². The van der Waals surface area contributed by atoms with Crippen LogP contribution in [0.4, 0.5) is 13.2 Å². The van der Waals surface area contributed by atoms with Gasteiger partial charge in [-0.05, 0) is 23.3 Å². The Balaban J connectivity index is 1.61. The van der Waals surface area contributed by atoms with Crippen molar-refractivity contribution in [3.8, 4) is 0 Å². The van der Waals surface area contributed by atoms with E-state index in [4.69, 9.17) is 4.74 Å². The zero-order valence-electron chi connectivity index (χ0n) is 17.0. The van der Waals surface area contributed by atoms with Gasteiger partial charge in [0.05, 0.1) is 24.8 Å². The van der Waals surface area contributed by atoms with E-state index >= 15 is 0 Å². The third kappa shape index (κ3) is 6.21. The van der Waals surface area contributed by atoms with Gasteiger partial charge in [-0.1, -0.05) is 42.5 Å². The molecule has 2 N–H and O–H groups in total. The summed E-state index contributed by atoms with van der Waals surface area (Å²) in [6.45, 7) is 3.95. The van der Waals surface area contributed by atoms with E-state index in [1.807, 2.05) is 18.2 Å². The van der Waals surface area contributed by atoms with Crippen LogP contribution in [0.1, 0.15) is 22.7 Å². The summed E-state index contributed by atoms with van der Waals surface area (Å²) in [6, 6.07) is 15.7. The number of nitrogens with one attached hydrogen (secondary N) is 2. The van der Waals surface area contributed by atoms with Crippen LogP contribution in [0.15, 0.2) is 59.6 Å². The number of nitrogens with zero attached hydrogens (tertiary/aromatic N) is 2. The first-order valence-electron chi connectivity index (χ1n) is 9.95. The van der Waals surface area contributed by atoms with Gasteiger partial charge < -0.3 is 15.4 Å². The summed E-state index contributed by atoms with van der Waals surface area (Å²) in [7, 11) is 1.65. The van der Waals surface area contributed by atoms with Crippen molar-refractivity contribution in [2.45, 2.75) is 18.8 Å². The Kier molecular flexibility index (Phi) is 7.70. The minimum absolute atomic E-state index is 0.141. The summed E-state index contributed by atoms with van der Waals surface area (Å²) in [5.41, 5.74) is 1.09. The molecular weight excluding hydrogens is 393 g/mol. The summed E-state index contributed by atoms with van der Waals surface area (Å²) in [6.07, 6.45) is -4.35. The molecule has 3 rings (SSSR count). The standard InChI is InChI=1S/C22H27F3N4O/c1-26-21(27-15-17-6-5-9-19(14-17)22(23,24)25)28-16-20(18-7-3-2-4-8-18)29-10-12-30-13-11-29/h2-9,14,20H,10-13,15-16H2,1H3,(H2,26,27,28). The molecule has 1 heterocycles. The minimum atomic E-state index is -4.35. The predicted octanol–water partition coefficient (Wildman–Crippen LogP) is 3.44. The van der Waals surface area contributed by atoms with Gasteiger partial charge in [0.1, 0.15) is 0 Å². The van der Waals surface area contributed by atoms with Gasteiger partial charge in [-0.25, -0.2) is 0 Å². The van der Waals surface area contributed by atoms with E-state index in [0.717, 1.165) is 25.2 Å². The lowest BCUT2D eigenvalue weighted by Gasteiger charge is -2.35. The van der Waals surface area contributed by atoms with Crippen molar-refractivity contribution in [2.75, 3.05) is 39.9 Å². The first-order valence-corrected chi connectivity index (χ1v) is 9.95. The average molecular weight is 420 g/mol. The van der Waals surface area contributed by atoms with Crippen LogP contribution >= 0.6 is 0 Å². The Morgan fingerprint density at radius 3 is 2.47 bits per heavy atom. The van der Waals surface area contributed by atoms with E-state index < -0.39 is 11.7 Å². The van der Waals surface area contributed by atoms with Crippen molar-refractivity contribution in [1.82, 2.24) is 15.5 Å². The van der Waals surface area contributed by atoms with Gasteiger partial charge in [0, 0.05) is 33.2 Å². The number of morpholine rings is 1. The molecule has 0 aliphatic carbocycles. The fourth-order valence-electron chi connectivity index (χ4n) is 3.48. The van der Waals surface area contributed by atoms with Gasteiger partial charge in [0.25, 0.3) is 0 Å². The molecule has 0 radical (unpaired) electrons. The highest BCUT2D eigenvalue weighted by atomic mass is 19.4. The average Bonchev–Trinajstić information content (AvgIpc) is 2.77. The molecule has 5 nitrogen and oxygen atoms in total. The molecule has 1 aliphatic heterocycles. The smallest absolute Gasteiger partial charge is 0.379 e. The van der Waals surface area contributed by atoms with E-state index in [-0.39, 0.29) is 12.6 Å². The van der Waals surface area contributed by atoms with Gasteiger partial charge in [-0.15, -0.1) is 0 Å². The maximum atomic E-state index is 12.9. The van der Waals surface area contributed by atoms with Crippen LogP contribution in [0.2, 0.25) is 0 Å². The second-order valence-corrected chi connectivity index (χ2v) is 7.08. The number of alkyl halides is 3. The molecule has 162 valence electrons. The van der Waals surface area contributed by atoms with Crippen LogP contribution in [0.5, 0.6) is 0 Å². The molecule has 1 saturated heterocycles. The Morgan fingerprint density at radius 1 is 1.07 bits per heavy atom. The van der Waals surface area contributed by atoms with Crippen molar-refractivity contribution < 1.29 is 17.9 Å². The van der Waals surface area contributed by atoms with Crippen LogP contribution in [-0.4, -0.2) is 50.8 Å². The molecule has 2 aromatic carbocycles. The monoisotopic (exact) mass is 420 g/mol. The van der Waals surface area contributed by atoms with Crippen molar-refractivity contribution in [3.63, 3.8) is 0 Å². The first kappa shape index (κ1) is 22.1. The van der Waals surface area contributed by atoms with Gasteiger partial charge in [0.15, 0.2) is 5.96 Å². The van der Waals surface area contributed by atoms with Crippen LogP contribution in [-0.2, 0) is 17.5 Å². The molecule has 1 unspecified atom stereocenters. The van der Waals surface area contributed by atoms with E-state index in [0.29, 0.717) is 31.3 Å². The minimum Gasteiger partial charge on any atom is -0.379 e. The third-order valence-corrected chi connectivity index (χ3v) is 5.07.